The van der Waals surface area contributed by atoms with Crippen LogP contribution in [0.3, 0.4) is 0 Å². The normalized spacial score (nSPS) is 12.2. The molecule has 2 aromatic heterocycles. The Morgan fingerprint density at radius 3 is 2.27 bits per heavy atom. The molecule has 0 aliphatic carbocycles. The van der Waals surface area contributed by atoms with Crippen molar-refractivity contribution in [3.63, 3.8) is 0 Å². The number of aromatic hydroxyl groups is 1. The van der Waals surface area contributed by atoms with Crippen molar-refractivity contribution in [3.05, 3.63) is 99.6 Å². The molecule has 2 heterocycles. The van der Waals surface area contributed by atoms with Gasteiger partial charge in [0.25, 0.3) is 5.56 Å². The van der Waals surface area contributed by atoms with Crippen LogP contribution < -0.4 is 5.56 Å². The number of sulfone groups is 1. The van der Waals surface area contributed by atoms with Crippen LogP contribution in [-0.4, -0.2) is 28.1 Å². The van der Waals surface area contributed by atoms with Gasteiger partial charge in [0.15, 0.2) is 4.90 Å². The average Bonchev–Trinajstić information content (AvgIpc) is 2.93. The molecule has 1 N–H and O–H groups in total. The number of hydrogen-bond acceptors (Lipinski definition) is 7. The van der Waals surface area contributed by atoms with Gasteiger partial charge in [0.1, 0.15) is 5.82 Å². The molecule has 0 saturated carbocycles. The van der Waals surface area contributed by atoms with Crippen LogP contribution in [0.5, 0.6) is 5.88 Å². The van der Waals surface area contributed by atoms with Gasteiger partial charge in [-0.2, -0.15) is 14.6 Å². The molecule has 0 aliphatic heterocycles. The molecular formula is C30H29FN4O4S. The SMILES string of the molecule is CCCCc1nc(O)c(S(=O)(=O)c2ccc(-c3ccc(F)nc3C)cc2)c(=O)n1[C@@H](CC)c1ccc(C#N)cc1. The smallest absolute Gasteiger partial charge is 0.277 e. The lowest BCUT2D eigenvalue weighted by molar-refractivity contribution is 0.406. The molecule has 8 nitrogen and oxygen atoms in total. The first-order chi connectivity index (χ1) is 19.1. The van der Waals surface area contributed by atoms with Gasteiger partial charge in [-0.05, 0) is 67.3 Å². The van der Waals surface area contributed by atoms with E-state index >= 15 is 0 Å². The molecule has 0 amide bonds. The summed E-state index contributed by atoms with van der Waals surface area (Å²) >= 11 is 0. The molecule has 0 fully saturated rings. The maximum atomic E-state index is 13.9. The molecule has 4 rings (SSSR count). The molecule has 40 heavy (non-hydrogen) atoms. The van der Waals surface area contributed by atoms with Crippen LogP contribution in [-0.2, 0) is 16.3 Å². The van der Waals surface area contributed by atoms with Crippen LogP contribution in [0.1, 0.15) is 61.8 Å². The number of aromatic nitrogens is 3. The minimum Gasteiger partial charge on any atom is -0.492 e. The van der Waals surface area contributed by atoms with Crippen molar-refractivity contribution in [2.45, 2.75) is 62.3 Å². The molecular weight excluding hydrogens is 531 g/mol. The number of nitrogens with zero attached hydrogens (tertiary/aromatic N) is 4. The Hall–Kier alpha value is -4.36. The second-order valence-corrected chi connectivity index (χ2v) is 11.3. The first-order valence-corrected chi connectivity index (χ1v) is 14.4. The molecule has 2 aromatic carbocycles. The average molecular weight is 561 g/mol. The summed E-state index contributed by atoms with van der Waals surface area (Å²) in [6.07, 6.45) is 2.30. The number of hydrogen-bond donors (Lipinski definition) is 1. The van der Waals surface area contributed by atoms with Crippen molar-refractivity contribution in [1.29, 1.82) is 5.26 Å². The number of unbranched alkanes of at least 4 members (excludes halogenated alkanes) is 1. The van der Waals surface area contributed by atoms with Gasteiger partial charge in [-0.15, -0.1) is 0 Å². The largest absolute Gasteiger partial charge is 0.492 e. The first kappa shape index (κ1) is 28.6. The molecule has 10 heteroatoms. The van der Waals surface area contributed by atoms with E-state index in [4.69, 9.17) is 5.26 Å². The lowest BCUT2D eigenvalue weighted by atomic mass is 10.0. The third-order valence-electron chi connectivity index (χ3n) is 6.80. The van der Waals surface area contributed by atoms with Gasteiger partial charge >= 0.3 is 0 Å². The number of aryl methyl sites for hydroxylation is 2. The molecule has 4 aromatic rings. The highest BCUT2D eigenvalue weighted by atomic mass is 32.2. The number of benzene rings is 2. The summed E-state index contributed by atoms with van der Waals surface area (Å²) in [6.45, 7) is 5.49. The van der Waals surface area contributed by atoms with Crippen LogP contribution in [0.4, 0.5) is 4.39 Å². The van der Waals surface area contributed by atoms with Crippen LogP contribution >= 0.6 is 0 Å². The fourth-order valence-electron chi connectivity index (χ4n) is 4.73. The van der Waals surface area contributed by atoms with Gasteiger partial charge in [-0.1, -0.05) is 44.5 Å². The van der Waals surface area contributed by atoms with E-state index in [0.29, 0.717) is 47.2 Å². The first-order valence-electron chi connectivity index (χ1n) is 12.9. The fourth-order valence-corrected chi connectivity index (χ4v) is 6.08. The van der Waals surface area contributed by atoms with Crippen LogP contribution in [0, 0.1) is 24.2 Å². The van der Waals surface area contributed by atoms with E-state index in [2.05, 4.69) is 16.0 Å². The van der Waals surface area contributed by atoms with Crippen LogP contribution in [0.2, 0.25) is 0 Å². The topological polar surface area (TPSA) is 126 Å². The number of nitriles is 1. The molecule has 0 spiro atoms. The Morgan fingerprint density at radius 1 is 1.02 bits per heavy atom. The van der Waals surface area contributed by atoms with Gasteiger partial charge in [0, 0.05) is 17.7 Å². The Balaban J connectivity index is 1.85. The van der Waals surface area contributed by atoms with E-state index in [1.165, 1.54) is 22.8 Å². The van der Waals surface area contributed by atoms with E-state index in [-0.39, 0.29) is 10.7 Å². The molecule has 0 bridgehead atoms. The summed E-state index contributed by atoms with van der Waals surface area (Å²) in [4.78, 5) is 21.0. The van der Waals surface area contributed by atoms with E-state index in [1.54, 1.807) is 49.4 Å². The third-order valence-corrected chi connectivity index (χ3v) is 8.59. The number of rotatable bonds is 9. The van der Waals surface area contributed by atoms with E-state index < -0.39 is 38.2 Å². The van der Waals surface area contributed by atoms with Gasteiger partial charge in [0.2, 0.25) is 21.7 Å². The highest BCUT2D eigenvalue weighted by Gasteiger charge is 2.31. The quantitative estimate of drug-likeness (QED) is 0.268. The summed E-state index contributed by atoms with van der Waals surface area (Å²) in [5.74, 6) is -1.17. The summed E-state index contributed by atoms with van der Waals surface area (Å²) in [5.41, 5.74) is 1.99. The predicted molar refractivity (Wildman–Crippen MR) is 148 cm³/mol. The Kier molecular flexibility index (Phi) is 8.45. The highest BCUT2D eigenvalue weighted by molar-refractivity contribution is 7.91. The van der Waals surface area contributed by atoms with Crippen molar-refractivity contribution < 1.29 is 17.9 Å². The van der Waals surface area contributed by atoms with Gasteiger partial charge in [-0.3, -0.25) is 9.36 Å². The lowest BCUT2D eigenvalue weighted by Crippen LogP contribution is -2.33. The second-order valence-electron chi connectivity index (χ2n) is 9.41. The van der Waals surface area contributed by atoms with Gasteiger partial charge in [-0.25, -0.2) is 13.4 Å². The molecule has 0 radical (unpaired) electrons. The standard InChI is InChI=1S/C30H29FN4O4S/c1-4-6-7-27-34-29(36)28(30(37)35(27)25(5-2)22-10-8-20(18-32)9-11-22)40(38,39)23-14-12-21(13-15-23)24-16-17-26(31)33-19(24)3/h8-17,25,36H,4-7H2,1-3H3/t25-/m0/s1. The zero-order chi connectivity index (χ0) is 29.0. The Morgan fingerprint density at radius 2 is 1.70 bits per heavy atom. The summed E-state index contributed by atoms with van der Waals surface area (Å²) in [6, 6.07) is 16.8. The van der Waals surface area contributed by atoms with Crippen molar-refractivity contribution in [3.8, 4) is 23.1 Å². The highest BCUT2D eigenvalue weighted by Crippen LogP contribution is 2.30. The lowest BCUT2D eigenvalue weighted by Gasteiger charge is -2.23. The second kappa shape index (κ2) is 11.8. The molecule has 206 valence electrons. The van der Waals surface area contributed by atoms with E-state index in [0.717, 1.165) is 6.42 Å². The summed E-state index contributed by atoms with van der Waals surface area (Å²) in [7, 11) is -4.47. The minimum atomic E-state index is -4.47. The summed E-state index contributed by atoms with van der Waals surface area (Å²) < 4.78 is 42.3. The molecule has 0 saturated heterocycles. The maximum Gasteiger partial charge on any atom is 0.277 e. The van der Waals surface area contributed by atoms with Gasteiger partial charge < -0.3 is 5.11 Å². The zero-order valence-corrected chi connectivity index (χ0v) is 23.2. The van der Waals surface area contributed by atoms with Crippen molar-refractivity contribution in [2.24, 2.45) is 0 Å². The number of halogens is 1. The third kappa shape index (κ3) is 5.51. The molecule has 1 atom stereocenters. The zero-order valence-electron chi connectivity index (χ0n) is 22.4. The fraction of sp³-hybridized carbons (Fsp3) is 0.267. The van der Waals surface area contributed by atoms with E-state index in [1.807, 2.05) is 13.8 Å². The summed E-state index contributed by atoms with van der Waals surface area (Å²) in [5, 5.41) is 20.0. The minimum absolute atomic E-state index is 0.197. The monoisotopic (exact) mass is 560 g/mol. The number of pyridine rings is 1. The maximum absolute atomic E-state index is 13.9. The Bertz CT molecular complexity index is 1740. The van der Waals surface area contributed by atoms with Gasteiger partial charge in [0.05, 0.1) is 22.6 Å². The Labute approximate surface area is 232 Å². The van der Waals surface area contributed by atoms with Crippen LogP contribution in [0.25, 0.3) is 11.1 Å². The molecule has 0 unspecified atom stereocenters. The van der Waals surface area contributed by atoms with E-state index in [9.17, 15) is 22.7 Å². The predicted octanol–water partition coefficient (Wildman–Crippen LogP) is 5.50. The van der Waals surface area contributed by atoms with Crippen molar-refractivity contribution in [1.82, 2.24) is 14.5 Å². The van der Waals surface area contributed by atoms with Crippen molar-refractivity contribution >= 4 is 9.84 Å². The molecule has 0 aliphatic rings. The van der Waals surface area contributed by atoms with Crippen molar-refractivity contribution in [2.75, 3.05) is 0 Å². The van der Waals surface area contributed by atoms with Crippen LogP contribution in [0.15, 0.2) is 75.2 Å².